The highest BCUT2D eigenvalue weighted by molar-refractivity contribution is 5.44. The van der Waals surface area contributed by atoms with E-state index in [-0.39, 0.29) is 12.0 Å². The number of hydrogen-bond donors (Lipinski definition) is 2. The van der Waals surface area contributed by atoms with E-state index in [9.17, 15) is 5.11 Å². The summed E-state index contributed by atoms with van der Waals surface area (Å²) in [6, 6.07) is 3.96. The Morgan fingerprint density at radius 2 is 2.10 bits per heavy atom. The van der Waals surface area contributed by atoms with Crippen LogP contribution in [0.1, 0.15) is 11.1 Å². The molecule has 110 valence electrons. The average molecular weight is 285 g/mol. The van der Waals surface area contributed by atoms with Gasteiger partial charge in [-0.3, -0.25) is 4.98 Å². The molecule has 0 aromatic carbocycles. The molecule has 6 heteroatoms. The fourth-order valence-corrected chi connectivity index (χ4v) is 2.64. The summed E-state index contributed by atoms with van der Waals surface area (Å²) in [5.41, 5.74) is 7.88. The van der Waals surface area contributed by atoms with Gasteiger partial charge in [0.15, 0.2) is 0 Å². The van der Waals surface area contributed by atoms with Gasteiger partial charge in [-0.2, -0.15) is 4.98 Å². The minimum absolute atomic E-state index is 0.165. The molecule has 6 nitrogen and oxygen atoms in total. The quantitative estimate of drug-likeness (QED) is 0.867. The van der Waals surface area contributed by atoms with Crippen molar-refractivity contribution in [2.75, 3.05) is 23.7 Å². The van der Waals surface area contributed by atoms with E-state index in [1.165, 1.54) is 5.56 Å². The molecule has 0 bridgehead atoms. The molecule has 21 heavy (non-hydrogen) atoms. The van der Waals surface area contributed by atoms with E-state index in [0.717, 1.165) is 18.5 Å². The van der Waals surface area contributed by atoms with Gasteiger partial charge in [0.1, 0.15) is 5.82 Å². The van der Waals surface area contributed by atoms with Crippen molar-refractivity contribution in [3.05, 3.63) is 41.9 Å². The summed E-state index contributed by atoms with van der Waals surface area (Å²) < 4.78 is 0. The van der Waals surface area contributed by atoms with E-state index in [1.807, 2.05) is 24.0 Å². The molecule has 1 saturated heterocycles. The molecule has 0 saturated carbocycles. The van der Waals surface area contributed by atoms with Gasteiger partial charge in [-0.05, 0) is 31.0 Å². The molecule has 2 aromatic rings. The number of nitrogen functional groups attached to an aromatic ring is 1. The summed E-state index contributed by atoms with van der Waals surface area (Å²) >= 11 is 0. The number of aliphatic hydroxyl groups is 1. The Morgan fingerprint density at radius 3 is 2.81 bits per heavy atom. The zero-order valence-corrected chi connectivity index (χ0v) is 12.0. The molecular formula is C15H19N5O. The fourth-order valence-electron chi connectivity index (χ4n) is 2.64. The highest BCUT2D eigenvalue weighted by Crippen LogP contribution is 2.25. The number of pyridine rings is 1. The third-order valence-corrected chi connectivity index (χ3v) is 3.93. The molecule has 0 radical (unpaired) electrons. The molecule has 1 aliphatic rings. The zero-order chi connectivity index (χ0) is 14.8. The summed E-state index contributed by atoms with van der Waals surface area (Å²) in [5, 5.41) is 10.3. The number of nitrogens with zero attached hydrogens (tertiary/aromatic N) is 4. The van der Waals surface area contributed by atoms with Gasteiger partial charge < -0.3 is 15.7 Å². The lowest BCUT2D eigenvalue weighted by molar-refractivity contribution is 0.148. The number of anilines is 2. The Kier molecular flexibility index (Phi) is 3.70. The van der Waals surface area contributed by atoms with E-state index >= 15 is 0 Å². The van der Waals surface area contributed by atoms with Crippen LogP contribution < -0.4 is 10.6 Å². The number of aromatic nitrogens is 3. The molecule has 1 fully saturated rings. The van der Waals surface area contributed by atoms with Crippen LogP contribution in [0.3, 0.4) is 0 Å². The number of aryl methyl sites for hydroxylation is 1. The molecule has 1 aliphatic heterocycles. The van der Waals surface area contributed by atoms with Gasteiger partial charge in [-0.1, -0.05) is 0 Å². The van der Waals surface area contributed by atoms with Crippen molar-refractivity contribution in [2.24, 2.45) is 5.92 Å². The maximum absolute atomic E-state index is 10.3. The molecule has 0 spiro atoms. The van der Waals surface area contributed by atoms with Gasteiger partial charge in [-0.15, -0.1) is 0 Å². The van der Waals surface area contributed by atoms with Crippen LogP contribution >= 0.6 is 0 Å². The van der Waals surface area contributed by atoms with E-state index in [1.54, 1.807) is 18.6 Å². The summed E-state index contributed by atoms with van der Waals surface area (Å²) in [4.78, 5) is 14.6. The van der Waals surface area contributed by atoms with Crippen LogP contribution in [0.4, 0.5) is 11.8 Å². The molecule has 3 rings (SSSR count). The van der Waals surface area contributed by atoms with Gasteiger partial charge in [0.05, 0.1) is 6.10 Å². The van der Waals surface area contributed by atoms with Crippen molar-refractivity contribution in [1.29, 1.82) is 0 Å². The third kappa shape index (κ3) is 2.95. The van der Waals surface area contributed by atoms with Crippen LogP contribution in [0.25, 0.3) is 0 Å². The van der Waals surface area contributed by atoms with Crippen molar-refractivity contribution in [3.8, 4) is 0 Å². The summed E-state index contributed by atoms with van der Waals surface area (Å²) in [7, 11) is 0. The molecule has 3 N–H and O–H groups in total. The second-order valence-electron chi connectivity index (χ2n) is 5.53. The Balaban J connectivity index is 1.72. The van der Waals surface area contributed by atoms with Gasteiger partial charge in [0.2, 0.25) is 5.95 Å². The average Bonchev–Trinajstić information content (AvgIpc) is 2.84. The first kappa shape index (κ1) is 13.8. The Morgan fingerprint density at radius 1 is 1.33 bits per heavy atom. The van der Waals surface area contributed by atoms with Crippen LogP contribution in [-0.4, -0.2) is 39.3 Å². The van der Waals surface area contributed by atoms with Crippen molar-refractivity contribution < 1.29 is 5.11 Å². The number of hydrogen-bond acceptors (Lipinski definition) is 6. The van der Waals surface area contributed by atoms with Gasteiger partial charge >= 0.3 is 0 Å². The molecule has 2 atom stereocenters. The van der Waals surface area contributed by atoms with Crippen LogP contribution in [0.2, 0.25) is 0 Å². The van der Waals surface area contributed by atoms with Crippen LogP contribution in [0, 0.1) is 12.8 Å². The van der Waals surface area contributed by atoms with E-state index in [2.05, 4.69) is 15.0 Å². The summed E-state index contributed by atoms with van der Waals surface area (Å²) in [5.74, 6) is 1.25. The number of nitrogens with two attached hydrogens (primary N) is 1. The normalized spacial score (nSPS) is 21.7. The first-order chi connectivity index (χ1) is 10.1. The number of rotatable bonds is 3. The van der Waals surface area contributed by atoms with Crippen LogP contribution in [0.5, 0.6) is 0 Å². The Bertz CT molecular complexity index is 619. The van der Waals surface area contributed by atoms with Crippen LogP contribution in [0.15, 0.2) is 30.7 Å². The predicted octanol–water partition coefficient (Wildman–Crippen LogP) is 0.802. The first-order valence-corrected chi connectivity index (χ1v) is 7.04. The zero-order valence-electron chi connectivity index (χ0n) is 12.0. The maximum atomic E-state index is 10.3. The molecule has 3 heterocycles. The standard InChI is InChI=1S/C15H19N5O/c1-10-7-18-15(19-14(10)16)20-8-12(13(21)9-20)6-11-2-4-17-5-3-11/h2-5,7,12-13,21H,6,8-9H2,1H3,(H2,16,18,19)/t12-,13-/m1/s1. The van der Waals surface area contributed by atoms with E-state index < -0.39 is 0 Å². The molecule has 0 unspecified atom stereocenters. The molecule has 0 amide bonds. The maximum Gasteiger partial charge on any atom is 0.227 e. The minimum atomic E-state index is -0.385. The summed E-state index contributed by atoms with van der Waals surface area (Å²) in [6.07, 6.45) is 5.71. The minimum Gasteiger partial charge on any atom is -0.391 e. The first-order valence-electron chi connectivity index (χ1n) is 7.04. The monoisotopic (exact) mass is 285 g/mol. The van der Waals surface area contributed by atoms with Crippen molar-refractivity contribution in [2.45, 2.75) is 19.4 Å². The highest BCUT2D eigenvalue weighted by Gasteiger charge is 2.32. The second-order valence-corrected chi connectivity index (χ2v) is 5.53. The fraction of sp³-hybridized carbons (Fsp3) is 0.400. The summed E-state index contributed by atoms with van der Waals surface area (Å²) in [6.45, 7) is 3.15. The Labute approximate surface area is 123 Å². The SMILES string of the molecule is Cc1cnc(N2C[C@@H](Cc3ccncc3)[C@H](O)C2)nc1N. The van der Waals surface area contributed by atoms with Gasteiger partial charge in [0.25, 0.3) is 0 Å². The second kappa shape index (κ2) is 5.65. The largest absolute Gasteiger partial charge is 0.391 e. The van der Waals surface area contributed by atoms with Crippen molar-refractivity contribution in [3.63, 3.8) is 0 Å². The molecular weight excluding hydrogens is 266 g/mol. The van der Waals surface area contributed by atoms with E-state index in [0.29, 0.717) is 18.3 Å². The lowest BCUT2D eigenvalue weighted by Gasteiger charge is -2.16. The highest BCUT2D eigenvalue weighted by atomic mass is 16.3. The smallest absolute Gasteiger partial charge is 0.227 e. The number of aliphatic hydroxyl groups excluding tert-OH is 1. The molecule has 2 aromatic heterocycles. The topological polar surface area (TPSA) is 88.2 Å². The van der Waals surface area contributed by atoms with Crippen molar-refractivity contribution >= 4 is 11.8 Å². The van der Waals surface area contributed by atoms with E-state index in [4.69, 9.17) is 5.73 Å². The van der Waals surface area contributed by atoms with Crippen molar-refractivity contribution in [1.82, 2.24) is 15.0 Å². The lowest BCUT2D eigenvalue weighted by Crippen LogP contribution is -2.23. The van der Waals surface area contributed by atoms with Crippen LogP contribution in [-0.2, 0) is 6.42 Å². The predicted molar refractivity (Wildman–Crippen MR) is 80.8 cm³/mol. The van der Waals surface area contributed by atoms with Gasteiger partial charge in [0, 0.05) is 43.2 Å². The number of β-amino-alcohol motifs (C(OH)–C–C–N with tert-alkyl or cyclic N) is 1. The Hall–Kier alpha value is -2.21. The third-order valence-electron chi connectivity index (χ3n) is 3.93. The van der Waals surface area contributed by atoms with Gasteiger partial charge in [-0.25, -0.2) is 4.98 Å². The lowest BCUT2D eigenvalue weighted by atomic mass is 9.97. The molecule has 0 aliphatic carbocycles.